The van der Waals surface area contributed by atoms with Gasteiger partial charge < -0.3 is 19.5 Å². The van der Waals surface area contributed by atoms with Gasteiger partial charge in [-0.2, -0.15) is 0 Å². The summed E-state index contributed by atoms with van der Waals surface area (Å²) in [5.41, 5.74) is 0.300. The molecule has 4 rings (SSSR count). The minimum Gasteiger partial charge on any atom is -0.494 e. The highest BCUT2D eigenvalue weighted by atomic mass is 35.5. The van der Waals surface area contributed by atoms with Gasteiger partial charge in [0.15, 0.2) is 11.6 Å². The van der Waals surface area contributed by atoms with E-state index in [9.17, 15) is 14.3 Å². The van der Waals surface area contributed by atoms with E-state index in [2.05, 4.69) is 0 Å². The molecule has 4 atom stereocenters. The Labute approximate surface area is 174 Å². The Balaban J connectivity index is 1.43. The minimum atomic E-state index is -0.608. The molecular weight excluding hydrogens is 397 g/mol. The van der Waals surface area contributed by atoms with Crippen LogP contribution in [0.3, 0.4) is 0 Å². The molecule has 1 aliphatic heterocycles. The number of ether oxygens (including phenoxy) is 2. The Kier molecular flexibility index (Phi) is 5.65. The second kappa shape index (κ2) is 8.20. The summed E-state index contributed by atoms with van der Waals surface area (Å²) in [7, 11) is 1.39. The zero-order valence-corrected chi connectivity index (χ0v) is 16.8. The maximum Gasteiger partial charge on any atom is 0.253 e. The summed E-state index contributed by atoms with van der Waals surface area (Å²) in [5.74, 6) is 0.411. The van der Waals surface area contributed by atoms with Crippen LogP contribution in [0.4, 0.5) is 4.39 Å². The van der Waals surface area contributed by atoms with E-state index < -0.39 is 11.9 Å². The molecular formula is C22H23ClFNO4. The molecule has 0 bridgehead atoms. The van der Waals surface area contributed by atoms with E-state index in [-0.39, 0.29) is 29.6 Å². The largest absolute Gasteiger partial charge is 0.494 e. The first-order chi connectivity index (χ1) is 13.9. The molecule has 1 aliphatic carbocycles. The third-order valence-corrected chi connectivity index (χ3v) is 6.09. The lowest BCUT2D eigenvalue weighted by Crippen LogP contribution is -2.42. The summed E-state index contributed by atoms with van der Waals surface area (Å²) in [6, 6.07) is 11.4. The summed E-state index contributed by atoms with van der Waals surface area (Å²) in [6.07, 6.45) is 0.266. The molecule has 154 valence electrons. The van der Waals surface area contributed by atoms with E-state index in [1.165, 1.54) is 19.2 Å². The third kappa shape index (κ3) is 4.19. The first kappa shape index (κ1) is 20.0. The number of carbonyl (C=O) groups excluding carboxylic acids is 1. The van der Waals surface area contributed by atoms with Crippen LogP contribution in [-0.2, 0) is 0 Å². The van der Waals surface area contributed by atoms with Gasteiger partial charge in [0.2, 0.25) is 0 Å². The summed E-state index contributed by atoms with van der Waals surface area (Å²) in [4.78, 5) is 14.6. The molecule has 0 spiro atoms. The second-order valence-electron chi connectivity index (χ2n) is 7.73. The Morgan fingerprint density at radius 3 is 2.62 bits per heavy atom. The van der Waals surface area contributed by atoms with Gasteiger partial charge in [-0.3, -0.25) is 4.79 Å². The predicted octanol–water partition coefficient (Wildman–Crippen LogP) is 3.78. The smallest absolute Gasteiger partial charge is 0.253 e. The number of aliphatic hydroxyl groups excluding tert-OH is 1. The van der Waals surface area contributed by atoms with E-state index in [0.717, 1.165) is 0 Å². The fourth-order valence-corrected chi connectivity index (χ4v) is 4.56. The number of likely N-dealkylation sites (tertiary alicyclic amines) is 1. The zero-order valence-electron chi connectivity index (χ0n) is 16.1. The number of halogens is 2. The molecule has 7 heteroatoms. The second-order valence-corrected chi connectivity index (χ2v) is 8.17. The summed E-state index contributed by atoms with van der Waals surface area (Å²) >= 11 is 6.01. The first-order valence-electron chi connectivity index (χ1n) is 9.67. The number of aliphatic hydroxyl groups is 1. The highest BCUT2D eigenvalue weighted by Gasteiger charge is 2.44. The molecule has 5 nitrogen and oxygen atoms in total. The van der Waals surface area contributed by atoms with Crippen LogP contribution in [0, 0.1) is 17.7 Å². The van der Waals surface area contributed by atoms with Gasteiger partial charge in [-0.15, -0.1) is 0 Å². The Morgan fingerprint density at radius 1 is 1.17 bits per heavy atom. The molecule has 1 N–H and O–H groups in total. The van der Waals surface area contributed by atoms with Crippen molar-refractivity contribution in [1.82, 2.24) is 4.90 Å². The van der Waals surface area contributed by atoms with E-state index in [0.29, 0.717) is 42.3 Å². The van der Waals surface area contributed by atoms with Crippen molar-refractivity contribution in [2.45, 2.75) is 25.0 Å². The van der Waals surface area contributed by atoms with Gasteiger partial charge in [0.1, 0.15) is 11.9 Å². The van der Waals surface area contributed by atoms with E-state index >= 15 is 0 Å². The van der Waals surface area contributed by atoms with Crippen molar-refractivity contribution < 1.29 is 23.8 Å². The van der Waals surface area contributed by atoms with Crippen molar-refractivity contribution in [3.05, 3.63) is 58.9 Å². The van der Waals surface area contributed by atoms with E-state index in [4.69, 9.17) is 21.1 Å². The molecule has 2 aromatic carbocycles. The van der Waals surface area contributed by atoms with Crippen LogP contribution in [0.15, 0.2) is 42.5 Å². The van der Waals surface area contributed by atoms with Crippen LogP contribution < -0.4 is 9.47 Å². The molecule has 2 aliphatic rings. The van der Waals surface area contributed by atoms with Gasteiger partial charge in [-0.1, -0.05) is 17.7 Å². The minimum absolute atomic E-state index is 0.112. The number of amides is 1. The highest BCUT2D eigenvalue weighted by molar-refractivity contribution is 6.30. The van der Waals surface area contributed by atoms with Gasteiger partial charge in [0.25, 0.3) is 5.91 Å². The standard InChI is InChI=1S/C22H23ClFNO4/c1-28-20-6-5-13(7-18(20)24)22(27)25-11-14-8-19(26)21(9-15(14)12-25)29-17-4-2-3-16(23)10-17/h2-7,10,14-15,19,21,26H,8-9,11-12H2,1H3/t14-,15+,19+,21+/m0/s1. The Hall–Kier alpha value is -2.31. The topological polar surface area (TPSA) is 59.0 Å². The van der Waals surface area contributed by atoms with Crippen LogP contribution in [0.2, 0.25) is 5.02 Å². The van der Waals surface area contributed by atoms with Crippen molar-refractivity contribution in [2.75, 3.05) is 20.2 Å². The van der Waals surface area contributed by atoms with Crippen LogP contribution >= 0.6 is 11.6 Å². The third-order valence-electron chi connectivity index (χ3n) is 5.85. The SMILES string of the molecule is COc1ccc(C(=O)N2C[C@H]3C[C@@H](Oc4cccc(Cl)c4)[C@H](O)C[C@H]3C2)cc1F. The number of rotatable bonds is 4. The number of benzene rings is 2. The normalized spacial score (nSPS) is 26.1. The molecule has 0 aromatic heterocycles. The maximum atomic E-state index is 14.0. The Bertz CT molecular complexity index is 908. The van der Waals surface area contributed by atoms with Gasteiger partial charge in [-0.05, 0) is 61.1 Å². The fourth-order valence-electron chi connectivity index (χ4n) is 4.38. The molecule has 1 saturated heterocycles. The average Bonchev–Trinajstić information content (AvgIpc) is 3.10. The number of fused-ring (bicyclic) bond motifs is 1. The lowest BCUT2D eigenvalue weighted by molar-refractivity contribution is -0.0231. The maximum absolute atomic E-state index is 14.0. The van der Waals surface area contributed by atoms with E-state index in [1.807, 2.05) is 6.07 Å². The van der Waals surface area contributed by atoms with Crippen molar-refractivity contribution in [2.24, 2.45) is 11.8 Å². The molecule has 1 amide bonds. The number of methoxy groups -OCH3 is 1. The van der Waals surface area contributed by atoms with Gasteiger partial charge in [0, 0.05) is 23.7 Å². The monoisotopic (exact) mass is 419 g/mol. The Morgan fingerprint density at radius 2 is 1.93 bits per heavy atom. The lowest BCUT2D eigenvalue weighted by atomic mass is 9.78. The number of hydrogen-bond donors (Lipinski definition) is 1. The molecule has 2 aromatic rings. The fraction of sp³-hybridized carbons (Fsp3) is 0.409. The van der Waals surface area contributed by atoms with E-state index in [1.54, 1.807) is 29.2 Å². The molecule has 1 heterocycles. The summed E-state index contributed by atoms with van der Waals surface area (Å²) < 4.78 is 24.9. The van der Waals surface area contributed by atoms with Gasteiger partial charge >= 0.3 is 0 Å². The van der Waals surface area contributed by atoms with Crippen LogP contribution in [0.5, 0.6) is 11.5 Å². The van der Waals surface area contributed by atoms with Crippen molar-refractivity contribution >= 4 is 17.5 Å². The predicted molar refractivity (Wildman–Crippen MR) is 107 cm³/mol. The molecule has 1 saturated carbocycles. The van der Waals surface area contributed by atoms with Gasteiger partial charge in [0.05, 0.1) is 13.2 Å². The van der Waals surface area contributed by atoms with Crippen molar-refractivity contribution in [3.63, 3.8) is 0 Å². The lowest BCUT2D eigenvalue weighted by Gasteiger charge is -2.35. The van der Waals surface area contributed by atoms with Crippen LogP contribution in [0.1, 0.15) is 23.2 Å². The highest BCUT2D eigenvalue weighted by Crippen LogP contribution is 2.38. The van der Waals surface area contributed by atoms with Crippen molar-refractivity contribution in [1.29, 1.82) is 0 Å². The van der Waals surface area contributed by atoms with Crippen molar-refractivity contribution in [3.8, 4) is 11.5 Å². The van der Waals surface area contributed by atoms with Crippen LogP contribution in [-0.4, -0.2) is 48.3 Å². The molecule has 0 radical (unpaired) electrons. The molecule has 0 unspecified atom stereocenters. The van der Waals surface area contributed by atoms with Crippen LogP contribution in [0.25, 0.3) is 0 Å². The zero-order chi connectivity index (χ0) is 20.5. The quantitative estimate of drug-likeness (QED) is 0.819. The van der Waals surface area contributed by atoms with Gasteiger partial charge in [-0.25, -0.2) is 4.39 Å². The average molecular weight is 420 g/mol. The number of hydrogen-bond acceptors (Lipinski definition) is 4. The summed E-state index contributed by atoms with van der Waals surface area (Å²) in [5, 5.41) is 11.1. The summed E-state index contributed by atoms with van der Waals surface area (Å²) in [6.45, 7) is 1.12. The number of carbonyl (C=O) groups is 1. The first-order valence-corrected chi connectivity index (χ1v) is 10.1. The molecule has 2 fully saturated rings. The molecule has 29 heavy (non-hydrogen) atoms. The number of nitrogens with zero attached hydrogens (tertiary/aromatic N) is 1.